The molecule has 0 heterocycles. The van der Waals surface area contributed by atoms with Gasteiger partial charge in [0.05, 0.1) is 7.11 Å². The highest BCUT2D eigenvalue weighted by Crippen LogP contribution is 1.99. The topological polar surface area (TPSA) is 26.3 Å². The van der Waals surface area contributed by atoms with Crippen molar-refractivity contribution in [1.82, 2.24) is 0 Å². The highest BCUT2D eigenvalue weighted by atomic mass is 16.5. The van der Waals surface area contributed by atoms with Crippen LogP contribution in [0.5, 0.6) is 0 Å². The standard InChI is InChI=1S/C11H18O2/c1-3-4-5-6-7-8-9-10-11(12)13-2/h7-10H,3-6H2,1-2H3/b8-7?,10-9+. The number of allylic oxidation sites excluding steroid dienone is 3. The summed E-state index contributed by atoms with van der Waals surface area (Å²) in [6.07, 6.45) is 11.9. The third-order valence-corrected chi connectivity index (χ3v) is 1.66. The number of unbranched alkanes of at least 4 members (excludes halogenated alkanes) is 3. The van der Waals surface area contributed by atoms with Gasteiger partial charge in [0, 0.05) is 6.08 Å². The molecule has 0 aliphatic heterocycles. The summed E-state index contributed by atoms with van der Waals surface area (Å²) < 4.78 is 4.44. The van der Waals surface area contributed by atoms with Gasteiger partial charge in [0.15, 0.2) is 0 Å². The van der Waals surface area contributed by atoms with Crippen molar-refractivity contribution < 1.29 is 9.53 Å². The van der Waals surface area contributed by atoms with Crippen LogP contribution in [-0.4, -0.2) is 13.1 Å². The van der Waals surface area contributed by atoms with Gasteiger partial charge in [-0.3, -0.25) is 0 Å². The van der Waals surface area contributed by atoms with Gasteiger partial charge in [-0.15, -0.1) is 0 Å². The number of esters is 1. The number of carbonyl (C=O) groups excluding carboxylic acids is 1. The Bertz CT molecular complexity index is 181. The molecule has 0 aliphatic carbocycles. The third-order valence-electron chi connectivity index (χ3n) is 1.66. The highest BCUT2D eigenvalue weighted by molar-refractivity contribution is 5.82. The van der Waals surface area contributed by atoms with Gasteiger partial charge in [-0.1, -0.05) is 38.0 Å². The van der Waals surface area contributed by atoms with Crippen molar-refractivity contribution in [3.05, 3.63) is 24.3 Å². The minimum absolute atomic E-state index is 0.307. The summed E-state index contributed by atoms with van der Waals surface area (Å²) in [7, 11) is 1.37. The molecule has 0 fully saturated rings. The molecule has 0 rings (SSSR count). The molecule has 13 heavy (non-hydrogen) atoms. The highest BCUT2D eigenvalue weighted by Gasteiger charge is 1.86. The molecule has 0 amide bonds. The normalized spacial score (nSPS) is 11.2. The molecule has 0 atom stereocenters. The zero-order valence-electron chi connectivity index (χ0n) is 8.45. The molecule has 0 saturated carbocycles. The Morgan fingerprint density at radius 3 is 2.69 bits per heavy atom. The summed E-state index contributed by atoms with van der Waals surface area (Å²) in [5.74, 6) is -0.307. The molecule has 0 aromatic carbocycles. The first-order valence-electron chi connectivity index (χ1n) is 4.72. The average molecular weight is 182 g/mol. The Morgan fingerprint density at radius 2 is 2.08 bits per heavy atom. The van der Waals surface area contributed by atoms with Crippen molar-refractivity contribution in [2.75, 3.05) is 7.11 Å². The second kappa shape index (κ2) is 9.04. The summed E-state index contributed by atoms with van der Waals surface area (Å²) in [4.78, 5) is 10.6. The molecule has 0 radical (unpaired) electrons. The molecule has 0 saturated heterocycles. The fourth-order valence-electron chi connectivity index (χ4n) is 0.889. The van der Waals surface area contributed by atoms with E-state index >= 15 is 0 Å². The van der Waals surface area contributed by atoms with Crippen LogP contribution in [0.4, 0.5) is 0 Å². The van der Waals surface area contributed by atoms with E-state index in [1.165, 1.54) is 32.4 Å². The number of methoxy groups -OCH3 is 1. The van der Waals surface area contributed by atoms with Crippen molar-refractivity contribution in [2.24, 2.45) is 0 Å². The molecule has 0 spiro atoms. The number of hydrogen-bond donors (Lipinski definition) is 0. The van der Waals surface area contributed by atoms with Crippen LogP contribution in [0.2, 0.25) is 0 Å². The van der Waals surface area contributed by atoms with E-state index < -0.39 is 0 Å². The Hall–Kier alpha value is -1.05. The molecule has 0 aliphatic rings. The first-order chi connectivity index (χ1) is 6.31. The Kier molecular flexibility index (Phi) is 8.31. The lowest BCUT2D eigenvalue weighted by atomic mass is 10.2. The van der Waals surface area contributed by atoms with Crippen molar-refractivity contribution in [3.8, 4) is 0 Å². The zero-order chi connectivity index (χ0) is 9.94. The second-order valence-corrected chi connectivity index (χ2v) is 2.81. The van der Waals surface area contributed by atoms with E-state index in [0.29, 0.717) is 0 Å². The van der Waals surface area contributed by atoms with Crippen LogP contribution in [-0.2, 0) is 9.53 Å². The predicted molar refractivity (Wildman–Crippen MR) is 54.4 cm³/mol. The first-order valence-corrected chi connectivity index (χ1v) is 4.72. The maximum Gasteiger partial charge on any atom is 0.330 e. The van der Waals surface area contributed by atoms with E-state index in [4.69, 9.17) is 0 Å². The molecule has 0 aromatic heterocycles. The monoisotopic (exact) mass is 182 g/mol. The predicted octanol–water partition coefficient (Wildman–Crippen LogP) is 2.85. The maximum absolute atomic E-state index is 10.6. The molecule has 0 bridgehead atoms. The summed E-state index contributed by atoms with van der Waals surface area (Å²) in [6.45, 7) is 2.18. The van der Waals surface area contributed by atoms with E-state index in [9.17, 15) is 4.79 Å². The quantitative estimate of drug-likeness (QED) is 0.273. The van der Waals surface area contributed by atoms with Gasteiger partial charge in [-0.25, -0.2) is 4.79 Å². The van der Waals surface area contributed by atoms with Crippen molar-refractivity contribution >= 4 is 5.97 Å². The van der Waals surface area contributed by atoms with Crippen LogP contribution in [0.25, 0.3) is 0 Å². The van der Waals surface area contributed by atoms with Crippen LogP contribution in [0, 0.1) is 0 Å². The van der Waals surface area contributed by atoms with E-state index in [1.54, 1.807) is 6.08 Å². The molecule has 2 nitrogen and oxygen atoms in total. The molecular weight excluding hydrogens is 164 g/mol. The maximum atomic E-state index is 10.6. The second-order valence-electron chi connectivity index (χ2n) is 2.81. The summed E-state index contributed by atoms with van der Waals surface area (Å²) in [5.41, 5.74) is 0. The number of rotatable bonds is 6. The van der Waals surface area contributed by atoms with Gasteiger partial charge in [0.2, 0.25) is 0 Å². The fraction of sp³-hybridized carbons (Fsp3) is 0.545. The number of carbonyl (C=O) groups is 1. The van der Waals surface area contributed by atoms with Gasteiger partial charge in [-0.2, -0.15) is 0 Å². The van der Waals surface area contributed by atoms with Crippen molar-refractivity contribution in [1.29, 1.82) is 0 Å². The van der Waals surface area contributed by atoms with E-state index in [0.717, 1.165) is 6.42 Å². The SMILES string of the molecule is CCCCCC=C/C=C/C(=O)OC. The molecular formula is C11H18O2. The average Bonchev–Trinajstić information content (AvgIpc) is 2.16. The van der Waals surface area contributed by atoms with Crippen LogP contribution >= 0.6 is 0 Å². The smallest absolute Gasteiger partial charge is 0.330 e. The largest absolute Gasteiger partial charge is 0.466 e. The Balaban J connectivity index is 3.40. The third kappa shape index (κ3) is 8.86. The fourth-order valence-corrected chi connectivity index (χ4v) is 0.889. The number of hydrogen-bond acceptors (Lipinski definition) is 2. The van der Waals surface area contributed by atoms with E-state index in [1.807, 2.05) is 6.08 Å². The lowest BCUT2D eigenvalue weighted by Gasteiger charge is -1.90. The summed E-state index contributed by atoms with van der Waals surface area (Å²) in [6, 6.07) is 0. The van der Waals surface area contributed by atoms with Crippen LogP contribution in [0.15, 0.2) is 24.3 Å². The lowest BCUT2D eigenvalue weighted by molar-refractivity contribution is -0.134. The molecule has 0 aromatic rings. The minimum atomic E-state index is -0.307. The summed E-state index contributed by atoms with van der Waals surface area (Å²) in [5, 5.41) is 0. The minimum Gasteiger partial charge on any atom is -0.466 e. The zero-order valence-corrected chi connectivity index (χ0v) is 8.45. The first kappa shape index (κ1) is 11.9. The Labute approximate surface area is 80.3 Å². The lowest BCUT2D eigenvalue weighted by Crippen LogP contribution is -1.92. The number of ether oxygens (including phenoxy) is 1. The van der Waals surface area contributed by atoms with Gasteiger partial charge in [0.25, 0.3) is 0 Å². The molecule has 2 heteroatoms. The van der Waals surface area contributed by atoms with Gasteiger partial charge in [0.1, 0.15) is 0 Å². The van der Waals surface area contributed by atoms with Gasteiger partial charge < -0.3 is 4.74 Å². The van der Waals surface area contributed by atoms with E-state index in [2.05, 4.69) is 17.7 Å². The van der Waals surface area contributed by atoms with Gasteiger partial charge in [-0.05, 0) is 12.8 Å². The molecule has 0 unspecified atom stereocenters. The molecule has 74 valence electrons. The van der Waals surface area contributed by atoms with Crippen LogP contribution in [0.3, 0.4) is 0 Å². The van der Waals surface area contributed by atoms with Crippen molar-refractivity contribution in [3.63, 3.8) is 0 Å². The van der Waals surface area contributed by atoms with Crippen LogP contribution < -0.4 is 0 Å². The Morgan fingerprint density at radius 1 is 1.31 bits per heavy atom. The summed E-state index contributed by atoms with van der Waals surface area (Å²) >= 11 is 0. The van der Waals surface area contributed by atoms with Crippen LogP contribution in [0.1, 0.15) is 32.6 Å². The van der Waals surface area contributed by atoms with Gasteiger partial charge >= 0.3 is 5.97 Å². The van der Waals surface area contributed by atoms with E-state index in [-0.39, 0.29) is 5.97 Å². The molecule has 0 N–H and O–H groups in total. The van der Waals surface area contributed by atoms with Crippen molar-refractivity contribution in [2.45, 2.75) is 32.6 Å².